The molecule has 0 saturated carbocycles. The maximum atomic E-state index is 8.96. The SMILES string of the molecule is CC1(CCO)C=Cc2ccccc2N1. The molecule has 0 aromatic heterocycles. The van der Waals surface area contributed by atoms with Crippen molar-refractivity contribution in [1.29, 1.82) is 0 Å². The molecule has 0 saturated heterocycles. The maximum Gasteiger partial charge on any atom is 0.0553 e. The van der Waals surface area contributed by atoms with Crippen molar-refractivity contribution in [1.82, 2.24) is 0 Å². The van der Waals surface area contributed by atoms with Gasteiger partial charge in [0, 0.05) is 12.3 Å². The number of para-hydroxylation sites is 1. The molecule has 1 aliphatic heterocycles. The molecule has 0 radical (unpaired) electrons. The first kappa shape index (κ1) is 9.28. The molecule has 1 aromatic rings. The van der Waals surface area contributed by atoms with E-state index in [4.69, 9.17) is 5.11 Å². The summed E-state index contributed by atoms with van der Waals surface area (Å²) in [6, 6.07) is 8.19. The highest BCUT2D eigenvalue weighted by molar-refractivity contribution is 5.72. The smallest absolute Gasteiger partial charge is 0.0553 e. The summed E-state index contributed by atoms with van der Waals surface area (Å²) in [5.74, 6) is 0. The molecule has 0 spiro atoms. The van der Waals surface area contributed by atoms with Gasteiger partial charge in [0.15, 0.2) is 0 Å². The van der Waals surface area contributed by atoms with Gasteiger partial charge >= 0.3 is 0 Å². The standard InChI is InChI=1S/C12H15NO/c1-12(8-9-14)7-6-10-4-2-3-5-11(10)13-12/h2-7,13-14H,8-9H2,1H3. The van der Waals surface area contributed by atoms with E-state index in [1.54, 1.807) is 0 Å². The summed E-state index contributed by atoms with van der Waals surface area (Å²) in [5, 5.41) is 12.4. The van der Waals surface area contributed by atoms with Crippen LogP contribution in [0, 0.1) is 0 Å². The second kappa shape index (κ2) is 3.46. The van der Waals surface area contributed by atoms with Crippen molar-refractivity contribution in [3.63, 3.8) is 0 Å². The van der Waals surface area contributed by atoms with E-state index in [0.29, 0.717) is 0 Å². The lowest BCUT2D eigenvalue weighted by molar-refractivity contribution is 0.268. The third kappa shape index (κ3) is 1.66. The van der Waals surface area contributed by atoms with E-state index in [1.807, 2.05) is 12.1 Å². The van der Waals surface area contributed by atoms with Gasteiger partial charge < -0.3 is 10.4 Å². The van der Waals surface area contributed by atoms with E-state index < -0.39 is 0 Å². The van der Waals surface area contributed by atoms with Gasteiger partial charge in [0.1, 0.15) is 0 Å². The van der Waals surface area contributed by atoms with Crippen molar-refractivity contribution < 1.29 is 5.11 Å². The van der Waals surface area contributed by atoms with Crippen LogP contribution in [0.25, 0.3) is 6.08 Å². The molecule has 1 aliphatic rings. The Kier molecular flexibility index (Phi) is 2.30. The molecule has 1 heterocycles. The van der Waals surface area contributed by atoms with Gasteiger partial charge in [0.05, 0.1) is 5.54 Å². The molecule has 2 N–H and O–H groups in total. The largest absolute Gasteiger partial charge is 0.396 e. The van der Waals surface area contributed by atoms with Crippen molar-refractivity contribution in [2.75, 3.05) is 11.9 Å². The first-order valence-corrected chi connectivity index (χ1v) is 4.91. The molecular weight excluding hydrogens is 174 g/mol. The van der Waals surface area contributed by atoms with Crippen molar-refractivity contribution in [2.24, 2.45) is 0 Å². The Bertz CT molecular complexity index is 359. The van der Waals surface area contributed by atoms with E-state index in [-0.39, 0.29) is 12.1 Å². The number of rotatable bonds is 2. The number of hydrogen-bond donors (Lipinski definition) is 2. The fourth-order valence-corrected chi connectivity index (χ4v) is 1.76. The number of aliphatic hydroxyl groups is 1. The molecule has 0 bridgehead atoms. The highest BCUT2D eigenvalue weighted by Crippen LogP contribution is 2.29. The van der Waals surface area contributed by atoms with Crippen LogP contribution in [0.5, 0.6) is 0 Å². The Hall–Kier alpha value is -1.28. The summed E-state index contributed by atoms with van der Waals surface area (Å²) in [6.45, 7) is 2.30. The second-order valence-corrected chi connectivity index (χ2v) is 3.94. The number of anilines is 1. The molecule has 74 valence electrons. The summed E-state index contributed by atoms with van der Waals surface area (Å²) in [5.41, 5.74) is 2.25. The van der Waals surface area contributed by atoms with Crippen LogP contribution in [0.2, 0.25) is 0 Å². The minimum Gasteiger partial charge on any atom is -0.396 e. The summed E-state index contributed by atoms with van der Waals surface area (Å²) >= 11 is 0. The molecule has 14 heavy (non-hydrogen) atoms. The summed E-state index contributed by atoms with van der Waals surface area (Å²) in [4.78, 5) is 0. The monoisotopic (exact) mass is 189 g/mol. The van der Waals surface area contributed by atoms with Crippen molar-refractivity contribution in [3.8, 4) is 0 Å². The Labute approximate surface area is 84.3 Å². The van der Waals surface area contributed by atoms with Gasteiger partial charge in [-0.2, -0.15) is 0 Å². The van der Waals surface area contributed by atoms with E-state index in [9.17, 15) is 0 Å². The normalized spacial score (nSPS) is 24.1. The van der Waals surface area contributed by atoms with E-state index in [0.717, 1.165) is 12.1 Å². The Morgan fingerprint density at radius 3 is 2.93 bits per heavy atom. The number of hydrogen-bond acceptors (Lipinski definition) is 2. The number of fused-ring (bicyclic) bond motifs is 1. The Morgan fingerprint density at radius 1 is 1.36 bits per heavy atom. The number of nitrogens with one attached hydrogen (secondary N) is 1. The molecule has 0 fully saturated rings. The highest BCUT2D eigenvalue weighted by atomic mass is 16.3. The van der Waals surface area contributed by atoms with Gasteiger partial charge in [-0.3, -0.25) is 0 Å². The van der Waals surface area contributed by atoms with Gasteiger partial charge in [-0.25, -0.2) is 0 Å². The molecular formula is C12H15NO. The van der Waals surface area contributed by atoms with Crippen LogP contribution in [-0.4, -0.2) is 17.3 Å². The molecule has 1 aromatic carbocycles. The molecule has 2 rings (SSSR count). The van der Waals surface area contributed by atoms with E-state index in [2.05, 4.69) is 36.5 Å². The molecule has 2 heteroatoms. The van der Waals surface area contributed by atoms with Crippen molar-refractivity contribution in [2.45, 2.75) is 18.9 Å². The fraction of sp³-hybridized carbons (Fsp3) is 0.333. The number of benzene rings is 1. The molecule has 0 amide bonds. The first-order valence-electron chi connectivity index (χ1n) is 4.91. The molecule has 2 nitrogen and oxygen atoms in total. The van der Waals surface area contributed by atoms with Crippen LogP contribution in [0.3, 0.4) is 0 Å². The van der Waals surface area contributed by atoms with Crippen LogP contribution in [0.4, 0.5) is 5.69 Å². The average molecular weight is 189 g/mol. The minimum atomic E-state index is -0.108. The third-order valence-corrected chi connectivity index (χ3v) is 2.64. The van der Waals surface area contributed by atoms with Gasteiger partial charge in [0.25, 0.3) is 0 Å². The molecule has 0 aliphatic carbocycles. The Morgan fingerprint density at radius 2 is 2.14 bits per heavy atom. The van der Waals surface area contributed by atoms with Crippen LogP contribution < -0.4 is 5.32 Å². The van der Waals surface area contributed by atoms with Crippen molar-refractivity contribution in [3.05, 3.63) is 35.9 Å². The van der Waals surface area contributed by atoms with Crippen molar-refractivity contribution >= 4 is 11.8 Å². The lowest BCUT2D eigenvalue weighted by Crippen LogP contribution is -2.35. The fourth-order valence-electron chi connectivity index (χ4n) is 1.76. The van der Waals surface area contributed by atoms with Gasteiger partial charge in [-0.1, -0.05) is 30.4 Å². The lowest BCUT2D eigenvalue weighted by Gasteiger charge is -2.32. The van der Waals surface area contributed by atoms with Crippen LogP contribution >= 0.6 is 0 Å². The minimum absolute atomic E-state index is 0.108. The molecule has 1 unspecified atom stereocenters. The van der Waals surface area contributed by atoms with E-state index >= 15 is 0 Å². The van der Waals surface area contributed by atoms with Gasteiger partial charge in [-0.15, -0.1) is 0 Å². The third-order valence-electron chi connectivity index (χ3n) is 2.64. The topological polar surface area (TPSA) is 32.3 Å². The van der Waals surface area contributed by atoms with Crippen LogP contribution in [0.1, 0.15) is 18.9 Å². The summed E-state index contributed by atoms with van der Waals surface area (Å²) < 4.78 is 0. The summed E-state index contributed by atoms with van der Waals surface area (Å²) in [6.07, 6.45) is 4.96. The lowest BCUT2D eigenvalue weighted by atomic mass is 9.92. The zero-order valence-electron chi connectivity index (χ0n) is 8.33. The predicted octanol–water partition coefficient (Wildman–Crippen LogP) is 2.27. The predicted molar refractivity (Wildman–Crippen MR) is 59.2 cm³/mol. The van der Waals surface area contributed by atoms with E-state index in [1.165, 1.54) is 5.56 Å². The zero-order chi connectivity index (χ0) is 10.0. The maximum absolute atomic E-state index is 8.96. The van der Waals surface area contributed by atoms with Crippen LogP contribution in [-0.2, 0) is 0 Å². The van der Waals surface area contributed by atoms with Crippen LogP contribution in [0.15, 0.2) is 30.3 Å². The Balaban J connectivity index is 2.29. The second-order valence-electron chi connectivity index (χ2n) is 3.94. The quantitative estimate of drug-likeness (QED) is 0.748. The number of aliphatic hydroxyl groups excluding tert-OH is 1. The average Bonchev–Trinajstić information content (AvgIpc) is 2.17. The molecule has 1 atom stereocenters. The first-order chi connectivity index (χ1) is 6.73. The summed E-state index contributed by atoms with van der Waals surface area (Å²) in [7, 11) is 0. The zero-order valence-corrected chi connectivity index (χ0v) is 8.33. The highest BCUT2D eigenvalue weighted by Gasteiger charge is 2.23. The van der Waals surface area contributed by atoms with Gasteiger partial charge in [-0.05, 0) is 25.0 Å². The van der Waals surface area contributed by atoms with Gasteiger partial charge in [0.2, 0.25) is 0 Å².